The molecule has 0 saturated heterocycles. The number of carbonyl (C=O) groups is 2. The van der Waals surface area contributed by atoms with Gasteiger partial charge in [0.15, 0.2) is 0 Å². The van der Waals surface area contributed by atoms with Gasteiger partial charge in [0.25, 0.3) is 0 Å². The van der Waals surface area contributed by atoms with Crippen molar-refractivity contribution in [1.82, 2.24) is 20.2 Å². The number of hydrogen-bond donors (Lipinski definition) is 1. The van der Waals surface area contributed by atoms with Crippen LogP contribution in [0.5, 0.6) is 0 Å². The number of amides is 1. The highest BCUT2D eigenvalue weighted by atomic mass is 19.4. The van der Waals surface area contributed by atoms with Gasteiger partial charge in [0.05, 0.1) is 7.11 Å². The SMILES string of the molecule is CC/C(=C\c1ccccc1)[C@@H]1C[C@H]1N(C(=O)C(F)(F)F)C1CCC(NCc2cnc(C(=O)OC)nc2)CC1. The van der Waals surface area contributed by atoms with Crippen LogP contribution in [0.15, 0.2) is 48.3 Å². The Bertz CT molecular complexity index is 1130. The highest BCUT2D eigenvalue weighted by molar-refractivity contribution is 5.84. The Kier molecular flexibility index (Phi) is 8.81. The van der Waals surface area contributed by atoms with Gasteiger partial charge in [0.1, 0.15) is 0 Å². The molecule has 38 heavy (non-hydrogen) atoms. The van der Waals surface area contributed by atoms with Gasteiger partial charge in [-0.1, -0.05) is 48.9 Å². The Balaban J connectivity index is 1.37. The monoisotopic (exact) mass is 530 g/mol. The highest BCUT2D eigenvalue weighted by Gasteiger charge is 2.54. The van der Waals surface area contributed by atoms with Crippen molar-refractivity contribution in [3.63, 3.8) is 0 Å². The molecule has 0 bridgehead atoms. The van der Waals surface area contributed by atoms with E-state index >= 15 is 0 Å². The quantitative estimate of drug-likeness (QED) is 0.463. The summed E-state index contributed by atoms with van der Waals surface area (Å²) in [7, 11) is 1.26. The number of ether oxygens (including phenoxy) is 1. The van der Waals surface area contributed by atoms with Gasteiger partial charge in [-0.15, -0.1) is 0 Å². The van der Waals surface area contributed by atoms with Crippen molar-refractivity contribution in [2.24, 2.45) is 5.92 Å². The molecule has 1 aromatic carbocycles. The second kappa shape index (κ2) is 12.1. The van der Waals surface area contributed by atoms with E-state index in [-0.39, 0.29) is 17.8 Å². The van der Waals surface area contributed by atoms with Gasteiger partial charge in [-0.25, -0.2) is 14.8 Å². The van der Waals surface area contributed by atoms with Crippen LogP contribution in [0.3, 0.4) is 0 Å². The molecule has 2 saturated carbocycles. The predicted molar refractivity (Wildman–Crippen MR) is 136 cm³/mol. The summed E-state index contributed by atoms with van der Waals surface area (Å²) in [5.74, 6) is -2.40. The summed E-state index contributed by atoms with van der Waals surface area (Å²) in [6.07, 6.45) is 3.86. The Hall–Kier alpha value is -3.27. The fourth-order valence-corrected chi connectivity index (χ4v) is 5.32. The van der Waals surface area contributed by atoms with E-state index in [0.717, 1.165) is 28.0 Å². The van der Waals surface area contributed by atoms with Crippen LogP contribution >= 0.6 is 0 Å². The molecule has 2 aliphatic carbocycles. The number of aromatic nitrogens is 2. The number of methoxy groups -OCH3 is 1. The number of alkyl halides is 3. The molecule has 4 rings (SSSR count). The summed E-state index contributed by atoms with van der Waals surface area (Å²) in [4.78, 5) is 33.2. The minimum Gasteiger partial charge on any atom is -0.463 e. The van der Waals surface area contributed by atoms with Crippen LogP contribution in [-0.2, 0) is 16.1 Å². The average molecular weight is 531 g/mol. The largest absolute Gasteiger partial charge is 0.471 e. The number of nitrogens with zero attached hydrogens (tertiary/aromatic N) is 3. The van der Waals surface area contributed by atoms with Gasteiger partial charge in [-0.2, -0.15) is 13.2 Å². The molecule has 1 N–H and O–H groups in total. The van der Waals surface area contributed by atoms with Crippen molar-refractivity contribution >= 4 is 18.0 Å². The predicted octanol–water partition coefficient (Wildman–Crippen LogP) is 4.94. The van der Waals surface area contributed by atoms with Gasteiger partial charge in [0, 0.05) is 48.5 Å². The molecule has 2 aromatic rings. The first kappa shape index (κ1) is 27.8. The number of nitrogens with one attached hydrogen (secondary N) is 1. The Morgan fingerprint density at radius 3 is 2.34 bits per heavy atom. The molecule has 0 aliphatic heterocycles. The zero-order valence-corrected chi connectivity index (χ0v) is 21.6. The molecule has 204 valence electrons. The Labute approximate surface area is 220 Å². The lowest BCUT2D eigenvalue weighted by molar-refractivity contribution is -0.189. The summed E-state index contributed by atoms with van der Waals surface area (Å²) in [5.41, 5.74) is 2.88. The molecule has 0 radical (unpaired) electrons. The third-order valence-electron chi connectivity index (χ3n) is 7.39. The van der Waals surface area contributed by atoms with E-state index < -0.39 is 30.1 Å². The molecule has 1 amide bonds. The van der Waals surface area contributed by atoms with Crippen molar-refractivity contribution in [2.45, 2.75) is 76.3 Å². The Morgan fingerprint density at radius 1 is 1.11 bits per heavy atom. The van der Waals surface area contributed by atoms with Crippen molar-refractivity contribution in [3.05, 3.63) is 65.2 Å². The first-order valence-corrected chi connectivity index (χ1v) is 13.0. The van der Waals surface area contributed by atoms with Gasteiger partial charge in [-0.05, 0) is 44.1 Å². The summed E-state index contributed by atoms with van der Waals surface area (Å²) < 4.78 is 45.5. The summed E-state index contributed by atoms with van der Waals surface area (Å²) in [6.45, 7) is 2.47. The number of halogens is 3. The third kappa shape index (κ3) is 6.78. The molecule has 10 heteroatoms. The summed E-state index contributed by atoms with van der Waals surface area (Å²) in [5, 5.41) is 3.40. The van der Waals surface area contributed by atoms with E-state index in [1.54, 1.807) is 12.4 Å². The van der Waals surface area contributed by atoms with Crippen LogP contribution in [0.1, 0.15) is 67.2 Å². The lowest BCUT2D eigenvalue weighted by atomic mass is 9.89. The van der Waals surface area contributed by atoms with Gasteiger partial charge in [0.2, 0.25) is 5.82 Å². The van der Waals surface area contributed by atoms with Crippen molar-refractivity contribution in [3.8, 4) is 0 Å². The second-order valence-corrected chi connectivity index (χ2v) is 9.90. The maximum Gasteiger partial charge on any atom is 0.471 e. The van der Waals surface area contributed by atoms with Crippen LogP contribution < -0.4 is 5.32 Å². The molecule has 1 heterocycles. The summed E-state index contributed by atoms with van der Waals surface area (Å²) >= 11 is 0. The smallest absolute Gasteiger partial charge is 0.463 e. The highest BCUT2D eigenvalue weighted by Crippen LogP contribution is 2.47. The van der Waals surface area contributed by atoms with Gasteiger partial charge >= 0.3 is 18.1 Å². The standard InChI is InChI=1S/C28H33F3N4O3/c1-3-20(13-18-7-5-4-6-8-18)23-14-24(23)35(27(37)28(29,30)31)22-11-9-21(10-12-22)32-15-19-16-33-25(34-17-19)26(36)38-2/h4-8,13,16-17,21-24,32H,3,9-12,14-15H2,1-2H3/b20-13+/t21?,22?,23-,24+/m0/s1. The van der Waals surface area contributed by atoms with Crippen LogP contribution in [0, 0.1) is 5.92 Å². The maximum atomic E-state index is 13.6. The average Bonchev–Trinajstić information content (AvgIpc) is 3.71. The molecule has 0 unspecified atom stereocenters. The molecule has 2 atom stereocenters. The molecule has 1 aromatic heterocycles. The third-order valence-corrected chi connectivity index (χ3v) is 7.39. The van der Waals surface area contributed by atoms with E-state index in [2.05, 4.69) is 20.0 Å². The number of esters is 1. The second-order valence-electron chi connectivity index (χ2n) is 9.90. The Morgan fingerprint density at radius 2 is 1.76 bits per heavy atom. The molecule has 7 nitrogen and oxygen atoms in total. The zero-order valence-electron chi connectivity index (χ0n) is 21.6. The number of carbonyl (C=O) groups excluding carboxylic acids is 2. The minimum absolute atomic E-state index is 0.0191. The number of hydrogen-bond acceptors (Lipinski definition) is 6. The van der Waals surface area contributed by atoms with E-state index in [4.69, 9.17) is 0 Å². The normalized spacial score (nSPS) is 23.6. The van der Waals surface area contributed by atoms with Gasteiger partial charge in [-0.3, -0.25) is 4.79 Å². The van der Waals surface area contributed by atoms with Crippen LogP contribution in [0.25, 0.3) is 6.08 Å². The molecule has 2 aliphatic rings. The number of rotatable bonds is 9. The molecular formula is C28H33F3N4O3. The van der Waals surface area contributed by atoms with Crippen molar-refractivity contribution < 1.29 is 27.5 Å². The van der Waals surface area contributed by atoms with Crippen LogP contribution in [-0.4, -0.2) is 58.2 Å². The molecular weight excluding hydrogens is 497 g/mol. The van der Waals surface area contributed by atoms with Crippen LogP contribution in [0.4, 0.5) is 13.2 Å². The van der Waals surface area contributed by atoms with Gasteiger partial charge < -0.3 is 15.0 Å². The summed E-state index contributed by atoms with van der Waals surface area (Å²) in [6, 6.07) is 8.98. The van der Waals surface area contributed by atoms with E-state index in [1.165, 1.54) is 7.11 Å². The lowest BCUT2D eigenvalue weighted by Crippen LogP contribution is -2.51. The fourth-order valence-electron chi connectivity index (χ4n) is 5.32. The van der Waals surface area contributed by atoms with E-state index in [9.17, 15) is 22.8 Å². The van der Waals surface area contributed by atoms with Crippen molar-refractivity contribution in [2.75, 3.05) is 7.11 Å². The first-order valence-electron chi connectivity index (χ1n) is 13.0. The zero-order chi connectivity index (χ0) is 27.3. The first-order chi connectivity index (χ1) is 18.2. The molecule has 0 spiro atoms. The molecule has 2 fully saturated rings. The maximum absolute atomic E-state index is 13.6. The fraction of sp³-hybridized carbons (Fsp3) is 0.500. The van der Waals surface area contributed by atoms with E-state index in [0.29, 0.717) is 38.6 Å². The number of benzene rings is 1. The topological polar surface area (TPSA) is 84.4 Å². The van der Waals surface area contributed by atoms with Crippen LogP contribution in [0.2, 0.25) is 0 Å². The lowest BCUT2D eigenvalue weighted by Gasteiger charge is -2.38. The minimum atomic E-state index is -4.89. The van der Waals surface area contributed by atoms with E-state index in [1.807, 2.05) is 43.3 Å². The van der Waals surface area contributed by atoms with Crippen molar-refractivity contribution in [1.29, 1.82) is 0 Å².